The summed E-state index contributed by atoms with van der Waals surface area (Å²) in [5.41, 5.74) is 0. The van der Waals surface area contributed by atoms with Crippen molar-refractivity contribution >= 4 is 17.5 Å². The Morgan fingerprint density at radius 2 is 2.00 bits per heavy atom. The third-order valence-corrected chi connectivity index (χ3v) is 3.02. The molecule has 1 aromatic rings. The number of alkyl halides is 1. The summed E-state index contributed by atoms with van der Waals surface area (Å²) >= 11 is 5.89. The largest absolute Gasteiger partial charge is 0.508 e. The predicted octanol–water partition coefficient (Wildman–Crippen LogP) is 0.238. The van der Waals surface area contributed by atoms with Gasteiger partial charge in [-0.05, 0) is 24.3 Å². The number of halogens is 1. The number of aliphatic hydroxyl groups is 1. The quantitative estimate of drug-likeness (QED) is 0.678. The Morgan fingerprint density at radius 1 is 1.35 bits per heavy atom. The smallest absolute Gasteiger partial charge is 0.242 e. The predicted molar refractivity (Wildman–Crippen MR) is 61.2 cm³/mol. The van der Waals surface area contributed by atoms with E-state index in [0.29, 0.717) is 5.75 Å². The molecule has 1 heterocycles. The van der Waals surface area contributed by atoms with Crippen LogP contribution < -0.4 is 10.1 Å². The van der Waals surface area contributed by atoms with Crippen molar-refractivity contribution in [2.75, 3.05) is 6.61 Å². The van der Waals surface area contributed by atoms with Crippen LogP contribution in [0.3, 0.4) is 0 Å². The zero-order valence-electron chi connectivity index (χ0n) is 8.84. The monoisotopic (exact) mass is 257 g/mol. The van der Waals surface area contributed by atoms with Gasteiger partial charge in [-0.2, -0.15) is 0 Å². The van der Waals surface area contributed by atoms with Crippen molar-refractivity contribution in [2.45, 2.75) is 17.5 Å². The van der Waals surface area contributed by atoms with Crippen LogP contribution in [0.1, 0.15) is 0 Å². The summed E-state index contributed by atoms with van der Waals surface area (Å²) in [5.74, 6) is 0.252. The van der Waals surface area contributed by atoms with Crippen LogP contribution in [-0.2, 0) is 4.79 Å². The molecule has 6 heteroatoms. The normalized spacial score (nSPS) is 27.9. The minimum absolute atomic E-state index is 0.124. The number of aliphatic hydroxyl groups excluding tert-OH is 1. The van der Waals surface area contributed by atoms with Crippen LogP contribution in [0, 0.1) is 0 Å². The van der Waals surface area contributed by atoms with Crippen molar-refractivity contribution in [1.82, 2.24) is 5.32 Å². The molecular weight excluding hydrogens is 246 g/mol. The van der Waals surface area contributed by atoms with Crippen molar-refractivity contribution < 1.29 is 19.7 Å². The SMILES string of the molecule is O=C1N[C@@H](CO)[C@@H](Oc2ccc(O)cc2)[C@H]1Cl. The van der Waals surface area contributed by atoms with Gasteiger partial charge in [0.05, 0.1) is 12.6 Å². The summed E-state index contributed by atoms with van der Waals surface area (Å²) < 4.78 is 5.53. The Balaban J connectivity index is 2.11. The minimum Gasteiger partial charge on any atom is -0.508 e. The molecule has 5 nitrogen and oxygen atoms in total. The molecule has 0 spiro atoms. The van der Waals surface area contributed by atoms with E-state index in [9.17, 15) is 4.79 Å². The number of nitrogens with one attached hydrogen (secondary N) is 1. The lowest BCUT2D eigenvalue weighted by Crippen LogP contribution is -2.39. The van der Waals surface area contributed by atoms with Gasteiger partial charge in [-0.1, -0.05) is 0 Å². The number of carbonyl (C=O) groups is 1. The lowest BCUT2D eigenvalue weighted by Gasteiger charge is -2.20. The number of phenolic OH excluding ortho intramolecular Hbond substituents is 1. The number of rotatable bonds is 3. The first-order chi connectivity index (χ1) is 8.11. The van der Waals surface area contributed by atoms with Crippen LogP contribution >= 0.6 is 11.6 Å². The summed E-state index contributed by atoms with van der Waals surface area (Å²) in [6, 6.07) is 5.55. The summed E-state index contributed by atoms with van der Waals surface area (Å²) in [5, 5.41) is 19.9. The fourth-order valence-corrected chi connectivity index (χ4v) is 1.96. The second kappa shape index (κ2) is 4.81. The third-order valence-electron chi connectivity index (χ3n) is 2.57. The van der Waals surface area contributed by atoms with E-state index in [2.05, 4.69) is 5.32 Å². The average molecular weight is 258 g/mol. The molecule has 0 unspecified atom stereocenters. The highest BCUT2D eigenvalue weighted by atomic mass is 35.5. The van der Waals surface area contributed by atoms with E-state index in [0.717, 1.165) is 0 Å². The van der Waals surface area contributed by atoms with Crippen LogP contribution in [0.5, 0.6) is 11.5 Å². The average Bonchev–Trinajstić information content (AvgIpc) is 2.59. The Labute approximate surface area is 103 Å². The standard InChI is InChI=1S/C11H12ClNO4/c12-9-10(8(5-14)13-11(9)16)17-7-3-1-6(15)2-4-7/h1-4,8-10,14-15H,5H2,(H,13,16)/t8-,9+,10+/m0/s1. The van der Waals surface area contributed by atoms with Crippen LogP contribution in [0.4, 0.5) is 0 Å². The Kier molecular flexibility index (Phi) is 3.40. The van der Waals surface area contributed by atoms with E-state index in [-0.39, 0.29) is 18.3 Å². The zero-order valence-corrected chi connectivity index (χ0v) is 9.59. The van der Waals surface area contributed by atoms with Crippen molar-refractivity contribution in [3.05, 3.63) is 24.3 Å². The number of phenols is 1. The molecule has 1 amide bonds. The molecule has 3 atom stereocenters. The highest BCUT2D eigenvalue weighted by Gasteiger charge is 2.42. The molecular formula is C11H12ClNO4. The van der Waals surface area contributed by atoms with Crippen LogP contribution in [-0.4, -0.2) is 40.3 Å². The van der Waals surface area contributed by atoms with Crippen LogP contribution in [0.25, 0.3) is 0 Å². The molecule has 2 rings (SSSR count). The van der Waals surface area contributed by atoms with Gasteiger partial charge in [-0.25, -0.2) is 0 Å². The molecule has 17 heavy (non-hydrogen) atoms. The first kappa shape index (κ1) is 12.0. The fraction of sp³-hybridized carbons (Fsp3) is 0.364. The first-order valence-corrected chi connectivity index (χ1v) is 5.56. The van der Waals surface area contributed by atoms with Gasteiger partial charge in [0.2, 0.25) is 5.91 Å². The van der Waals surface area contributed by atoms with E-state index in [1.165, 1.54) is 12.1 Å². The zero-order chi connectivity index (χ0) is 12.4. The minimum atomic E-state index is -0.832. The first-order valence-electron chi connectivity index (χ1n) is 5.13. The van der Waals surface area contributed by atoms with E-state index >= 15 is 0 Å². The van der Waals surface area contributed by atoms with E-state index in [1.807, 2.05) is 0 Å². The van der Waals surface area contributed by atoms with Gasteiger partial charge in [0, 0.05) is 0 Å². The van der Waals surface area contributed by atoms with Crippen LogP contribution in [0.2, 0.25) is 0 Å². The van der Waals surface area contributed by atoms with Crippen molar-refractivity contribution in [3.63, 3.8) is 0 Å². The Bertz CT molecular complexity index is 408. The number of hydrogen-bond donors (Lipinski definition) is 3. The van der Waals surface area contributed by atoms with Gasteiger partial charge < -0.3 is 20.3 Å². The molecule has 0 radical (unpaired) electrons. The summed E-state index contributed by atoms with van der Waals surface area (Å²) in [7, 11) is 0. The lowest BCUT2D eigenvalue weighted by atomic mass is 10.2. The van der Waals surface area contributed by atoms with Crippen LogP contribution in [0.15, 0.2) is 24.3 Å². The van der Waals surface area contributed by atoms with Gasteiger partial charge >= 0.3 is 0 Å². The van der Waals surface area contributed by atoms with Gasteiger partial charge in [-0.15, -0.1) is 11.6 Å². The molecule has 1 fully saturated rings. The number of ether oxygens (including phenoxy) is 1. The molecule has 92 valence electrons. The molecule has 1 aliphatic heterocycles. The summed E-state index contributed by atoms with van der Waals surface area (Å²) in [4.78, 5) is 11.3. The van der Waals surface area contributed by atoms with E-state index in [1.54, 1.807) is 12.1 Å². The lowest BCUT2D eigenvalue weighted by molar-refractivity contribution is -0.119. The highest BCUT2D eigenvalue weighted by molar-refractivity contribution is 6.32. The van der Waals surface area contributed by atoms with E-state index in [4.69, 9.17) is 26.6 Å². The number of hydrogen-bond acceptors (Lipinski definition) is 4. The van der Waals surface area contributed by atoms with Gasteiger partial charge in [0.15, 0.2) is 5.38 Å². The number of benzene rings is 1. The molecule has 0 aromatic heterocycles. The second-order valence-corrected chi connectivity index (χ2v) is 4.25. The highest BCUT2D eigenvalue weighted by Crippen LogP contribution is 2.23. The molecule has 0 saturated carbocycles. The maximum atomic E-state index is 11.3. The second-order valence-electron chi connectivity index (χ2n) is 3.78. The number of amides is 1. The maximum Gasteiger partial charge on any atom is 0.242 e. The third kappa shape index (κ3) is 2.45. The molecule has 0 aliphatic carbocycles. The van der Waals surface area contributed by atoms with Gasteiger partial charge in [0.1, 0.15) is 17.6 Å². The maximum absolute atomic E-state index is 11.3. The number of carbonyl (C=O) groups excluding carboxylic acids is 1. The summed E-state index contributed by atoms with van der Waals surface area (Å²) in [6.07, 6.45) is -0.626. The molecule has 0 bridgehead atoms. The molecule has 1 aliphatic rings. The van der Waals surface area contributed by atoms with Crippen molar-refractivity contribution in [3.8, 4) is 11.5 Å². The Hall–Kier alpha value is -1.46. The molecule has 1 saturated heterocycles. The molecule has 1 aromatic carbocycles. The van der Waals surface area contributed by atoms with Gasteiger partial charge in [0.25, 0.3) is 0 Å². The molecule has 3 N–H and O–H groups in total. The van der Waals surface area contributed by atoms with E-state index < -0.39 is 17.5 Å². The van der Waals surface area contributed by atoms with Gasteiger partial charge in [-0.3, -0.25) is 4.79 Å². The number of aromatic hydroxyl groups is 1. The van der Waals surface area contributed by atoms with Crippen molar-refractivity contribution in [1.29, 1.82) is 0 Å². The Morgan fingerprint density at radius 3 is 2.59 bits per heavy atom. The van der Waals surface area contributed by atoms with Crippen molar-refractivity contribution in [2.24, 2.45) is 0 Å². The summed E-state index contributed by atoms with van der Waals surface area (Å²) in [6.45, 7) is -0.238. The topological polar surface area (TPSA) is 78.8 Å². The fourth-order valence-electron chi connectivity index (χ4n) is 1.67.